The third-order valence-electron chi connectivity index (χ3n) is 3.37. The van der Waals surface area contributed by atoms with Crippen LogP contribution in [0.15, 0.2) is 0 Å². The maximum Gasteiger partial charge on any atom is 0.307 e. The van der Waals surface area contributed by atoms with Crippen LogP contribution in [-0.2, 0) is 9.53 Å². The molecule has 0 bridgehead atoms. The fourth-order valence-corrected chi connectivity index (χ4v) is 2.33. The Hall–Kier alpha value is -0.570. The Morgan fingerprint density at radius 1 is 1.38 bits per heavy atom. The van der Waals surface area contributed by atoms with Crippen molar-refractivity contribution in [2.75, 3.05) is 13.1 Å². The van der Waals surface area contributed by atoms with Crippen molar-refractivity contribution in [3.05, 3.63) is 0 Å². The van der Waals surface area contributed by atoms with Crippen LogP contribution in [0.4, 0.5) is 0 Å². The van der Waals surface area contributed by atoms with Crippen LogP contribution in [0.2, 0.25) is 0 Å². The fraction of sp³-hybridized carbons (Fsp3) is 0.923. The summed E-state index contributed by atoms with van der Waals surface area (Å²) in [5, 5.41) is 3.14. The monoisotopic (exact) mass is 227 g/mol. The summed E-state index contributed by atoms with van der Waals surface area (Å²) in [4.78, 5) is 11.5. The van der Waals surface area contributed by atoms with E-state index < -0.39 is 0 Å². The highest BCUT2D eigenvalue weighted by atomic mass is 16.5. The second kappa shape index (κ2) is 7.66. The number of esters is 1. The first kappa shape index (κ1) is 13.5. The van der Waals surface area contributed by atoms with Crippen LogP contribution < -0.4 is 5.32 Å². The molecule has 0 aromatic rings. The van der Waals surface area contributed by atoms with Gasteiger partial charge in [0.25, 0.3) is 0 Å². The molecule has 3 nitrogen and oxygen atoms in total. The molecule has 0 heterocycles. The summed E-state index contributed by atoms with van der Waals surface area (Å²) in [6.07, 6.45) is 6.55. The highest BCUT2D eigenvalue weighted by molar-refractivity contribution is 5.69. The van der Waals surface area contributed by atoms with E-state index in [0.717, 1.165) is 31.8 Å². The van der Waals surface area contributed by atoms with Crippen LogP contribution in [0.3, 0.4) is 0 Å². The van der Waals surface area contributed by atoms with Crippen LogP contribution in [-0.4, -0.2) is 25.2 Å². The molecule has 0 saturated heterocycles. The first-order valence-electron chi connectivity index (χ1n) is 6.66. The molecule has 1 saturated carbocycles. The molecule has 0 aromatic carbocycles. The molecule has 1 N–H and O–H groups in total. The normalized spacial score (nSPS) is 25.4. The van der Waals surface area contributed by atoms with E-state index in [4.69, 9.17) is 4.74 Å². The van der Waals surface area contributed by atoms with E-state index >= 15 is 0 Å². The van der Waals surface area contributed by atoms with Gasteiger partial charge in [-0.3, -0.25) is 4.79 Å². The molecule has 1 fully saturated rings. The Balaban J connectivity index is 2.17. The Morgan fingerprint density at radius 3 is 2.88 bits per heavy atom. The number of hydrogen-bond donors (Lipinski definition) is 1. The van der Waals surface area contributed by atoms with Gasteiger partial charge in [-0.25, -0.2) is 0 Å². The number of rotatable bonds is 6. The Morgan fingerprint density at radius 2 is 2.19 bits per heavy atom. The van der Waals surface area contributed by atoms with E-state index in [9.17, 15) is 4.79 Å². The minimum absolute atomic E-state index is 0.0392. The van der Waals surface area contributed by atoms with Gasteiger partial charge in [-0.15, -0.1) is 0 Å². The van der Waals surface area contributed by atoms with Crippen LogP contribution >= 0.6 is 0 Å². The van der Waals surface area contributed by atoms with Gasteiger partial charge in [0.15, 0.2) is 0 Å². The molecule has 1 aliphatic rings. The summed E-state index contributed by atoms with van der Waals surface area (Å²) in [6, 6.07) is 0. The van der Waals surface area contributed by atoms with Crippen molar-refractivity contribution in [2.24, 2.45) is 5.92 Å². The highest BCUT2D eigenvalue weighted by Gasteiger charge is 2.23. The first-order valence-corrected chi connectivity index (χ1v) is 6.66. The summed E-state index contributed by atoms with van der Waals surface area (Å²) in [7, 11) is 0. The van der Waals surface area contributed by atoms with Crippen molar-refractivity contribution in [1.82, 2.24) is 5.32 Å². The largest absolute Gasteiger partial charge is 0.462 e. The van der Waals surface area contributed by atoms with Crippen molar-refractivity contribution < 1.29 is 9.53 Å². The molecule has 0 aromatic heterocycles. The quantitative estimate of drug-likeness (QED) is 0.559. The number of carbonyl (C=O) groups is 1. The molecular formula is C13H25NO2. The van der Waals surface area contributed by atoms with Gasteiger partial charge in [0.05, 0.1) is 6.42 Å². The van der Waals surface area contributed by atoms with Crippen molar-refractivity contribution in [2.45, 2.75) is 58.5 Å². The van der Waals surface area contributed by atoms with Crippen molar-refractivity contribution in [1.29, 1.82) is 0 Å². The third kappa shape index (κ3) is 4.97. The number of ether oxygens (including phenoxy) is 1. The topological polar surface area (TPSA) is 38.3 Å². The molecule has 2 atom stereocenters. The lowest BCUT2D eigenvalue weighted by Gasteiger charge is -2.28. The SMILES string of the molecule is CCNCCC(=O)OC1CCCC(CC)C1. The Bertz CT molecular complexity index is 206. The van der Waals surface area contributed by atoms with Gasteiger partial charge in [-0.2, -0.15) is 0 Å². The maximum atomic E-state index is 11.5. The zero-order valence-electron chi connectivity index (χ0n) is 10.6. The van der Waals surface area contributed by atoms with Gasteiger partial charge in [-0.1, -0.05) is 26.7 Å². The standard InChI is InChI=1S/C13H25NO2/c1-3-11-6-5-7-12(10-11)16-13(15)8-9-14-4-2/h11-12,14H,3-10H2,1-2H3. The van der Waals surface area contributed by atoms with E-state index in [1.165, 1.54) is 19.3 Å². The highest BCUT2D eigenvalue weighted by Crippen LogP contribution is 2.28. The zero-order valence-corrected chi connectivity index (χ0v) is 10.6. The minimum atomic E-state index is -0.0392. The minimum Gasteiger partial charge on any atom is -0.462 e. The Kier molecular flexibility index (Phi) is 6.46. The Labute approximate surface area is 98.9 Å². The van der Waals surface area contributed by atoms with Gasteiger partial charge in [0.1, 0.15) is 6.10 Å². The van der Waals surface area contributed by atoms with E-state index in [0.29, 0.717) is 6.42 Å². The van der Waals surface area contributed by atoms with Gasteiger partial charge >= 0.3 is 5.97 Å². The predicted octanol–water partition coefficient (Wildman–Crippen LogP) is 2.50. The van der Waals surface area contributed by atoms with Gasteiger partial charge in [0, 0.05) is 6.54 Å². The molecule has 94 valence electrons. The molecule has 0 radical (unpaired) electrons. The number of nitrogens with one attached hydrogen (secondary N) is 1. The number of hydrogen-bond acceptors (Lipinski definition) is 3. The summed E-state index contributed by atoms with van der Waals surface area (Å²) >= 11 is 0. The van der Waals surface area contributed by atoms with Crippen LogP contribution in [0, 0.1) is 5.92 Å². The first-order chi connectivity index (χ1) is 7.76. The number of carbonyl (C=O) groups excluding carboxylic acids is 1. The van der Waals surface area contributed by atoms with Crippen molar-refractivity contribution in [3.8, 4) is 0 Å². The summed E-state index contributed by atoms with van der Waals surface area (Å²) < 4.78 is 5.49. The van der Waals surface area contributed by atoms with E-state index in [-0.39, 0.29) is 12.1 Å². The molecule has 0 spiro atoms. The average molecular weight is 227 g/mol. The molecule has 0 amide bonds. The molecule has 16 heavy (non-hydrogen) atoms. The predicted molar refractivity (Wildman–Crippen MR) is 65.3 cm³/mol. The fourth-order valence-electron chi connectivity index (χ4n) is 2.33. The van der Waals surface area contributed by atoms with Crippen LogP contribution in [0.25, 0.3) is 0 Å². The van der Waals surface area contributed by atoms with E-state index in [1.807, 2.05) is 6.92 Å². The van der Waals surface area contributed by atoms with Gasteiger partial charge < -0.3 is 10.1 Å². The molecule has 2 unspecified atom stereocenters. The second-order valence-corrected chi connectivity index (χ2v) is 4.66. The summed E-state index contributed by atoms with van der Waals surface area (Å²) in [5.41, 5.74) is 0. The third-order valence-corrected chi connectivity index (χ3v) is 3.37. The van der Waals surface area contributed by atoms with Crippen molar-refractivity contribution >= 4 is 5.97 Å². The van der Waals surface area contributed by atoms with Crippen LogP contribution in [0.5, 0.6) is 0 Å². The molecule has 1 aliphatic carbocycles. The lowest BCUT2D eigenvalue weighted by Crippen LogP contribution is -2.27. The van der Waals surface area contributed by atoms with Gasteiger partial charge in [-0.05, 0) is 31.7 Å². The smallest absolute Gasteiger partial charge is 0.307 e. The lowest BCUT2D eigenvalue weighted by atomic mass is 9.85. The second-order valence-electron chi connectivity index (χ2n) is 4.66. The zero-order chi connectivity index (χ0) is 11.8. The molecular weight excluding hydrogens is 202 g/mol. The van der Waals surface area contributed by atoms with Crippen LogP contribution in [0.1, 0.15) is 52.4 Å². The van der Waals surface area contributed by atoms with E-state index in [2.05, 4.69) is 12.2 Å². The van der Waals surface area contributed by atoms with E-state index in [1.54, 1.807) is 0 Å². The maximum absolute atomic E-state index is 11.5. The molecule has 3 heteroatoms. The average Bonchev–Trinajstić information content (AvgIpc) is 2.29. The molecule has 0 aliphatic heterocycles. The molecule has 1 rings (SSSR count). The lowest BCUT2D eigenvalue weighted by molar-refractivity contribution is -0.151. The summed E-state index contributed by atoms with van der Waals surface area (Å²) in [6.45, 7) is 5.91. The van der Waals surface area contributed by atoms with Gasteiger partial charge in [0.2, 0.25) is 0 Å². The summed E-state index contributed by atoms with van der Waals surface area (Å²) in [5.74, 6) is 0.725. The van der Waals surface area contributed by atoms with Crippen molar-refractivity contribution in [3.63, 3.8) is 0 Å².